The number of sulfonamides is 1. The molecule has 0 aromatic heterocycles. The minimum Gasteiger partial charge on any atom is -0.462 e. The first kappa shape index (κ1) is 27.1. The van der Waals surface area contributed by atoms with E-state index in [0.29, 0.717) is 22.4 Å². The molecule has 0 aliphatic carbocycles. The molecule has 190 valence electrons. The van der Waals surface area contributed by atoms with Crippen LogP contribution in [0.2, 0.25) is 0 Å². The van der Waals surface area contributed by atoms with Crippen LogP contribution in [0.25, 0.3) is 0 Å². The van der Waals surface area contributed by atoms with Crippen LogP contribution in [0, 0.1) is 27.7 Å². The highest BCUT2D eigenvalue weighted by Crippen LogP contribution is 2.26. The monoisotopic (exact) mass is 508 g/mol. The maximum atomic E-state index is 13.8. The second kappa shape index (κ2) is 11.5. The fraction of sp³-hybridized carbons (Fsp3) is 0.286. The van der Waals surface area contributed by atoms with E-state index in [4.69, 9.17) is 4.74 Å². The van der Waals surface area contributed by atoms with Gasteiger partial charge in [0.25, 0.3) is 0 Å². The minimum atomic E-state index is -3.99. The summed E-state index contributed by atoms with van der Waals surface area (Å²) in [5.41, 5.74) is 4.89. The number of aryl methyl sites for hydroxylation is 4. The summed E-state index contributed by atoms with van der Waals surface area (Å²) in [4.78, 5) is 25.1. The molecule has 3 aromatic rings. The second-order valence-corrected chi connectivity index (χ2v) is 10.7. The highest BCUT2D eigenvalue weighted by molar-refractivity contribution is 7.89. The van der Waals surface area contributed by atoms with Gasteiger partial charge in [-0.1, -0.05) is 47.5 Å². The molecule has 0 saturated heterocycles. The van der Waals surface area contributed by atoms with Crippen molar-refractivity contribution in [1.82, 2.24) is 4.31 Å². The van der Waals surface area contributed by atoms with Gasteiger partial charge in [-0.25, -0.2) is 13.2 Å². The van der Waals surface area contributed by atoms with Gasteiger partial charge >= 0.3 is 5.97 Å². The van der Waals surface area contributed by atoms with E-state index < -0.39 is 21.9 Å². The number of benzene rings is 3. The Morgan fingerprint density at radius 1 is 0.861 bits per heavy atom. The summed E-state index contributed by atoms with van der Waals surface area (Å²) in [7, 11) is -3.99. The fourth-order valence-corrected chi connectivity index (χ4v) is 5.89. The summed E-state index contributed by atoms with van der Waals surface area (Å²) in [5, 5.41) is 2.73. The lowest BCUT2D eigenvalue weighted by atomic mass is 10.1. The van der Waals surface area contributed by atoms with Crippen LogP contribution in [0.3, 0.4) is 0 Å². The Balaban J connectivity index is 1.88. The smallest absolute Gasteiger partial charge is 0.338 e. The average Bonchev–Trinajstić information content (AvgIpc) is 2.79. The van der Waals surface area contributed by atoms with Crippen LogP contribution >= 0.6 is 0 Å². The third-order valence-corrected chi connectivity index (χ3v) is 7.78. The van der Waals surface area contributed by atoms with Crippen molar-refractivity contribution in [1.29, 1.82) is 0 Å². The number of hydrogen-bond donors (Lipinski definition) is 1. The van der Waals surface area contributed by atoms with Crippen molar-refractivity contribution in [2.45, 2.75) is 46.1 Å². The summed E-state index contributed by atoms with van der Waals surface area (Å²) < 4.78 is 33.8. The van der Waals surface area contributed by atoms with E-state index in [0.717, 1.165) is 16.7 Å². The Labute approximate surface area is 213 Å². The first-order valence-electron chi connectivity index (χ1n) is 11.7. The summed E-state index contributed by atoms with van der Waals surface area (Å²) in [6, 6.07) is 17.5. The van der Waals surface area contributed by atoms with Crippen LogP contribution in [0.4, 0.5) is 5.69 Å². The fourth-order valence-electron chi connectivity index (χ4n) is 4.09. The molecule has 0 radical (unpaired) electrons. The van der Waals surface area contributed by atoms with Crippen LogP contribution < -0.4 is 5.32 Å². The van der Waals surface area contributed by atoms with Crippen molar-refractivity contribution in [2.24, 2.45) is 0 Å². The van der Waals surface area contributed by atoms with E-state index in [1.165, 1.54) is 4.31 Å². The molecule has 0 aliphatic rings. The number of nitrogens with zero attached hydrogens (tertiary/aromatic N) is 1. The molecule has 0 saturated carbocycles. The van der Waals surface area contributed by atoms with Crippen LogP contribution in [-0.4, -0.2) is 37.8 Å². The molecule has 8 heteroatoms. The molecule has 36 heavy (non-hydrogen) atoms. The Kier molecular flexibility index (Phi) is 8.66. The molecule has 0 heterocycles. The topological polar surface area (TPSA) is 92.8 Å². The molecule has 7 nitrogen and oxygen atoms in total. The molecule has 0 fully saturated rings. The van der Waals surface area contributed by atoms with Crippen molar-refractivity contribution >= 4 is 27.6 Å². The second-order valence-electron chi connectivity index (χ2n) is 8.83. The third-order valence-electron chi connectivity index (χ3n) is 5.68. The quantitative estimate of drug-likeness (QED) is 0.414. The molecular weight excluding hydrogens is 476 g/mol. The average molecular weight is 509 g/mol. The lowest BCUT2D eigenvalue weighted by Gasteiger charge is -2.24. The SMILES string of the molecule is CCOC(=O)c1ccc(NC(=O)CN(Cc2ccc(C)cc2)S(=O)(=O)c2c(C)cc(C)cc2C)cc1. The molecule has 1 amide bonds. The van der Waals surface area contributed by atoms with Crippen LogP contribution in [0.15, 0.2) is 65.6 Å². The van der Waals surface area contributed by atoms with Gasteiger partial charge in [0.2, 0.25) is 15.9 Å². The number of nitrogens with one attached hydrogen (secondary N) is 1. The van der Waals surface area contributed by atoms with Gasteiger partial charge in [-0.2, -0.15) is 4.31 Å². The molecule has 0 spiro atoms. The first-order valence-corrected chi connectivity index (χ1v) is 13.2. The number of hydrogen-bond acceptors (Lipinski definition) is 5. The Bertz CT molecular complexity index is 1320. The van der Waals surface area contributed by atoms with Gasteiger partial charge in [-0.15, -0.1) is 0 Å². The van der Waals surface area contributed by atoms with Crippen LogP contribution in [0.5, 0.6) is 0 Å². The molecule has 0 atom stereocenters. The number of carbonyl (C=O) groups is 2. The van der Waals surface area contributed by atoms with E-state index in [9.17, 15) is 18.0 Å². The van der Waals surface area contributed by atoms with Gasteiger partial charge in [-0.05, 0) is 75.6 Å². The molecule has 1 N–H and O–H groups in total. The van der Waals surface area contributed by atoms with Crippen molar-refractivity contribution in [3.63, 3.8) is 0 Å². The molecule has 0 bridgehead atoms. The van der Waals surface area contributed by atoms with Crippen LogP contribution in [0.1, 0.15) is 45.1 Å². The van der Waals surface area contributed by atoms with Crippen molar-refractivity contribution in [2.75, 3.05) is 18.5 Å². The molecule has 3 aromatic carbocycles. The van der Waals surface area contributed by atoms with Gasteiger partial charge in [-0.3, -0.25) is 4.79 Å². The van der Waals surface area contributed by atoms with E-state index in [-0.39, 0.29) is 24.6 Å². The number of ether oxygens (including phenoxy) is 1. The molecular formula is C28H32N2O5S. The minimum absolute atomic E-state index is 0.0462. The Morgan fingerprint density at radius 3 is 2.00 bits per heavy atom. The Morgan fingerprint density at radius 2 is 1.44 bits per heavy atom. The van der Waals surface area contributed by atoms with Gasteiger partial charge < -0.3 is 10.1 Å². The largest absolute Gasteiger partial charge is 0.462 e. The van der Waals surface area contributed by atoms with Crippen molar-refractivity contribution < 1.29 is 22.7 Å². The number of amides is 1. The normalized spacial score (nSPS) is 11.4. The lowest BCUT2D eigenvalue weighted by molar-refractivity contribution is -0.116. The maximum absolute atomic E-state index is 13.8. The standard InChI is InChI=1S/C28H32N2O5S/c1-6-35-28(32)24-11-13-25(14-12-24)29-26(31)18-30(17-23-9-7-19(2)8-10-23)36(33,34)27-21(4)15-20(3)16-22(27)5/h7-16H,6,17-18H2,1-5H3,(H,29,31). The maximum Gasteiger partial charge on any atom is 0.338 e. The number of esters is 1. The van der Waals surface area contributed by atoms with Crippen molar-refractivity contribution in [3.05, 3.63) is 94.0 Å². The number of rotatable bonds is 9. The molecule has 3 rings (SSSR count). The summed E-state index contributed by atoms with van der Waals surface area (Å²) in [5.74, 6) is -0.938. The number of anilines is 1. The Hall–Kier alpha value is -3.49. The van der Waals surface area contributed by atoms with Gasteiger partial charge in [0, 0.05) is 12.2 Å². The van der Waals surface area contributed by atoms with Gasteiger partial charge in [0.15, 0.2) is 0 Å². The molecule has 0 unspecified atom stereocenters. The van der Waals surface area contributed by atoms with Crippen LogP contribution in [-0.2, 0) is 26.1 Å². The number of carbonyl (C=O) groups excluding carboxylic acids is 2. The first-order chi connectivity index (χ1) is 17.0. The van der Waals surface area contributed by atoms with E-state index in [1.54, 1.807) is 45.0 Å². The zero-order chi connectivity index (χ0) is 26.5. The predicted octanol–water partition coefficient (Wildman–Crippen LogP) is 4.93. The predicted molar refractivity (Wildman–Crippen MR) is 140 cm³/mol. The van der Waals surface area contributed by atoms with E-state index >= 15 is 0 Å². The van der Waals surface area contributed by atoms with Crippen molar-refractivity contribution in [3.8, 4) is 0 Å². The van der Waals surface area contributed by atoms with Gasteiger partial charge in [0.05, 0.1) is 23.6 Å². The highest BCUT2D eigenvalue weighted by Gasteiger charge is 2.30. The summed E-state index contributed by atoms with van der Waals surface area (Å²) >= 11 is 0. The zero-order valence-corrected chi connectivity index (χ0v) is 22.1. The molecule has 0 aliphatic heterocycles. The lowest BCUT2D eigenvalue weighted by Crippen LogP contribution is -2.38. The van der Waals surface area contributed by atoms with E-state index in [2.05, 4.69) is 5.32 Å². The third kappa shape index (κ3) is 6.59. The summed E-state index contributed by atoms with van der Waals surface area (Å²) in [6.07, 6.45) is 0. The van der Waals surface area contributed by atoms with Gasteiger partial charge in [0.1, 0.15) is 0 Å². The highest BCUT2D eigenvalue weighted by atomic mass is 32.2. The summed E-state index contributed by atoms with van der Waals surface area (Å²) in [6.45, 7) is 9.07. The van der Waals surface area contributed by atoms with E-state index in [1.807, 2.05) is 50.2 Å². The zero-order valence-electron chi connectivity index (χ0n) is 21.3.